The molecule has 6 atom stereocenters. The third-order valence-corrected chi connectivity index (χ3v) is 12.4. The molecule has 0 aliphatic carbocycles. The Labute approximate surface area is 416 Å². The number of hydrogen-bond donors (Lipinski definition) is 9. The number of benzene rings is 1. The maximum absolute atomic E-state index is 14.1. The summed E-state index contributed by atoms with van der Waals surface area (Å²) >= 11 is 4.04. The number of primary amides is 1. The van der Waals surface area contributed by atoms with Gasteiger partial charge in [-0.2, -0.15) is 12.6 Å². The van der Waals surface area contributed by atoms with E-state index in [4.69, 9.17) is 20.9 Å². The molecule has 23 heteroatoms. The summed E-state index contributed by atoms with van der Waals surface area (Å²) in [6.45, 7) is 4.73. The van der Waals surface area contributed by atoms with Gasteiger partial charge < -0.3 is 56.4 Å². The van der Waals surface area contributed by atoms with Crippen molar-refractivity contribution < 1.29 is 67.0 Å². The van der Waals surface area contributed by atoms with E-state index in [2.05, 4.69) is 49.9 Å². The molecule has 4 amide bonds. The number of nitrogens with two attached hydrogens (primary N) is 2. The van der Waals surface area contributed by atoms with Crippen LogP contribution in [0.4, 0.5) is 0 Å². The first kappa shape index (κ1) is 61.7. The first-order valence-corrected chi connectivity index (χ1v) is 26.0. The Morgan fingerprint density at radius 2 is 1.50 bits per heavy atom. The average molecular weight is 1030 g/mol. The number of aromatic nitrogens is 2. The summed E-state index contributed by atoms with van der Waals surface area (Å²) < 4.78 is 27.1. The fourth-order valence-corrected chi connectivity index (χ4v) is 8.26. The van der Waals surface area contributed by atoms with Crippen LogP contribution in [0.2, 0.25) is 0 Å². The Bertz CT molecular complexity index is 1940. The van der Waals surface area contributed by atoms with E-state index < -0.39 is 92.6 Å². The van der Waals surface area contributed by atoms with Crippen LogP contribution >= 0.6 is 20.5 Å². The monoisotopic (exact) mass is 1030 g/mol. The van der Waals surface area contributed by atoms with Crippen molar-refractivity contribution in [2.75, 3.05) is 51.9 Å². The van der Waals surface area contributed by atoms with Crippen molar-refractivity contribution in [2.45, 2.75) is 128 Å². The number of rotatable bonds is 40. The highest BCUT2D eigenvalue weighted by molar-refractivity contribution is 7.80. The number of imidazole rings is 1. The van der Waals surface area contributed by atoms with Gasteiger partial charge in [0.1, 0.15) is 17.6 Å². The fraction of sp³-hybridized carbons (Fsp3) is 0.660. The van der Waals surface area contributed by atoms with Gasteiger partial charge in [-0.25, -0.2) is 9.55 Å². The number of aliphatic hydroxyl groups excluding tert-OH is 1. The minimum Gasteiger partial charge on any atom is -0.394 e. The van der Waals surface area contributed by atoms with Gasteiger partial charge in [0.05, 0.1) is 69.4 Å². The predicted octanol–water partition coefficient (Wildman–Crippen LogP) is 2.15. The van der Waals surface area contributed by atoms with Crippen molar-refractivity contribution >= 4 is 61.4 Å². The van der Waals surface area contributed by atoms with Crippen molar-refractivity contribution in [3.8, 4) is 0 Å². The molecular weight excluding hydrogens is 950 g/mol. The molecule has 0 aliphatic heterocycles. The molecule has 0 radical (unpaired) electrons. The lowest BCUT2D eigenvalue weighted by atomic mass is 9.90. The number of phosphoric acid groups is 1. The summed E-state index contributed by atoms with van der Waals surface area (Å²) in [5.74, 6) is -6.57. The van der Waals surface area contributed by atoms with Gasteiger partial charge in [0, 0.05) is 57.0 Å². The summed E-state index contributed by atoms with van der Waals surface area (Å²) in [4.78, 5) is 120. The number of carbonyl (C=O) groups is 7. The van der Waals surface area contributed by atoms with Crippen LogP contribution < -0.4 is 22.1 Å². The number of aryl methyl sites for hydroxylation is 1. The molecule has 394 valence electrons. The lowest BCUT2D eigenvalue weighted by Crippen LogP contribution is -2.50. The number of ketones is 3. The van der Waals surface area contributed by atoms with Gasteiger partial charge in [-0.3, -0.25) is 38.1 Å². The average Bonchev–Trinajstić information content (AvgIpc) is 3.82. The molecule has 1 heterocycles. The van der Waals surface area contributed by atoms with Gasteiger partial charge in [-0.15, -0.1) is 0 Å². The normalized spacial score (nSPS) is 14.2. The van der Waals surface area contributed by atoms with E-state index in [9.17, 15) is 53.0 Å². The number of unbranched alkanes of at least 4 members (excludes halogenated alkanes) is 4. The van der Waals surface area contributed by atoms with Gasteiger partial charge in [0.2, 0.25) is 23.6 Å². The molecule has 0 aliphatic rings. The van der Waals surface area contributed by atoms with Crippen LogP contribution in [0, 0.1) is 17.8 Å². The molecule has 2 aromatic rings. The smallest absolute Gasteiger partial charge is 0.394 e. The maximum atomic E-state index is 14.1. The molecule has 21 nitrogen and oxygen atoms in total. The van der Waals surface area contributed by atoms with E-state index in [1.807, 2.05) is 32.0 Å². The lowest BCUT2D eigenvalue weighted by molar-refractivity contribution is -0.138. The number of nitrogens with one attached hydrogen (secondary N) is 3. The zero-order valence-corrected chi connectivity index (χ0v) is 42.5. The van der Waals surface area contributed by atoms with E-state index >= 15 is 0 Å². The summed E-state index contributed by atoms with van der Waals surface area (Å²) in [7, 11) is -5.08. The van der Waals surface area contributed by atoms with Gasteiger partial charge in [0.15, 0.2) is 11.6 Å². The number of H-pyrrole nitrogens is 1. The van der Waals surface area contributed by atoms with Gasteiger partial charge in [-0.1, -0.05) is 63.4 Å². The summed E-state index contributed by atoms with van der Waals surface area (Å²) in [6, 6.07) is 6.92. The maximum Gasteiger partial charge on any atom is 0.469 e. The summed E-state index contributed by atoms with van der Waals surface area (Å²) in [5, 5.41) is 15.3. The first-order valence-electron chi connectivity index (χ1n) is 23.9. The molecule has 0 unspecified atom stereocenters. The number of hydrogen-bond acceptors (Lipinski definition) is 15. The van der Waals surface area contributed by atoms with Crippen molar-refractivity contribution in [1.29, 1.82) is 0 Å². The summed E-state index contributed by atoms with van der Waals surface area (Å²) in [5.41, 5.74) is 12.4. The second-order valence-corrected chi connectivity index (χ2v) is 19.3. The van der Waals surface area contributed by atoms with Crippen LogP contribution in [-0.4, -0.2) is 147 Å². The zero-order chi connectivity index (χ0) is 52.1. The van der Waals surface area contributed by atoms with Crippen molar-refractivity contribution in [2.24, 2.45) is 29.2 Å². The molecule has 10 N–H and O–H groups in total. The molecule has 0 saturated heterocycles. The number of aliphatic hydroxyl groups is 1. The van der Waals surface area contributed by atoms with Crippen LogP contribution in [0.15, 0.2) is 42.7 Å². The second-order valence-electron chi connectivity index (χ2n) is 17.7. The van der Waals surface area contributed by atoms with E-state index in [1.54, 1.807) is 0 Å². The molecule has 0 spiro atoms. The molecule has 2 rings (SSSR count). The van der Waals surface area contributed by atoms with Crippen LogP contribution in [-0.2, 0) is 65.0 Å². The number of phosphoric ester groups is 1. The Hall–Kier alpha value is -4.38. The molecule has 0 saturated carbocycles. The molecular formula is C47H76N7O14PS. The molecule has 0 fully saturated rings. The molecule has 1 aromatic carbocycles. The van der Waals surface area contributed by atoms with Crippen molar-refractivity contribution in [3.05, 3.63) is 54.1 Å². The number of Topliss-reactive ketones (excluding diaryl/α,β-unsaturated/α-hetero) is 3. The Balaban J connectivity index is 2.13. The highest BCUT2D eigenvalue weighted by atomic mass is 32.1. The van der Waals surface area contributed by atoms with E-state index in [0.29, 0.717) is 31.8 Å². The highest BCUT2D eigenvalue weighted by Crippen LogP contribution is 2.39. The fourth-order valence-electron chi connectivity index (χ4n) is 7.48. The first-order chi connectivity index (χ1) is 33.2. The predicted molar refractivity (Wildman–Crippen MR) is 263 cm³/mol. The Morgan fingerprint density at radius 3 is 2.11 bits per heavy atom. The highest BCUT2D eigenvalue weighted by Gasteiger charge is 2.36. The number of aromatic amines is 1. The SMILES string of the molecule is CC(C)C[C@H](NC(=O)CN(CCCCCCCc1ccccc1)C(=O)CCOCCOCCCC(=O)[C@@H](N)CS)C(=O)C[C@@H](Cc1ncc[nH]1)C(=O)N[C@@H](CO)C(=O)C[C@H](C(N)=O)[C@@H](C)OP(=O)(O)O. The minimum absolute atomic E-state index is 0.0148. The zero-order valence-electron chi connectivity index (χ0n) is 40.7. The number of amides is 4. The van der Waals surface area contributed by atoms with E-state index in [-0.39, 0.29) is 75.4 Å². The van der Waals surface area contributed by atoms with E-state index in [0.717, 1.165) is 39.0 Å². The quantitative estimate of drug-likeness (QED) is 0.0262. The number of thiol groups is 1. The standard InChI is InChI=1S/C47H76N7O14PS/c1-32(2)25-38(41(57)26-35(27-43-50-18-19-51-43)47(62)53-39(30-55)42(58)28-36(46(49)61)33(3)68-69(63,64)65)52-44(59)29-54(20-11-6-4-5-8-13-34-14-9-7-10-15-34)45(60)17-22-67-24-23-66-21-12-16-40(56)37(48)31-70/h7,9-10,14-15,18-19,32-33,35-39,55,70H,4-6,8,11-13,16-17,20-31,48H2,1-3H3,(H2,49,61)(H,50,51)(H,52,59)(H,53,62)(H2,63,64,65)/t33-,35+,36+,37+,38+,39+/m1/s1. The third kappa shape index (κ3) is 26.2. The van der Waals surface area contributed by atoms with Gasteiger partial charge in [0.25, 0.3) is 0 Å². The molecule has 0 bridgehead atoms. The van der Waals surface area contributed by atoms with Crippen LogP contribution in [0.1, 0.15) is 103 Å². The topological polar surface area (TPSA) is 333 Å². The molecule has 70 heavy (non-hydrogen) atoms. The Kier molecular flexibility index (Phi) is 30.0. The second kappa shape index (κ2) is 34.1. The Morgan fingerprint density at radius 1 is 0.843 bits per heavy atom. The largest absolute Gasteiger partial charge is 0.469 e. The summed E-state index contributed by atoms with van der Waals surface area (Å²) in [6.07, 6.45) is 6.49. The number of nitrogens with zero attached hydrogens (tertiary/aromatic N) is 2. The third-order valence-electron chi connectivity index (χ3n) is 11.4. The van der Waals surface area contributed by atoms with Crippen molar-refractivity contribution in [3.63, 3.8) is 0 Å². The van der Waals surface area contributed by atoms with Crippen LogP contribution in [0.25, 0.3) is 0 Å². The number of ether oxygens (including phenoxy) is 2. The lowest BCUT2D eigenvalue weighted by Gasteiger charge is -2.26. The number of carbonyl (C=O) groups excluding carboxylic acids is 7. The van der Waals surface area contributed by atoms with E-state index in [1.165, 1.54) is 22.9 Å². The van der Waals surface area contributed by atoms with Crippen LogP contribution in [0.5, 0.6) is 0 Å². The van der Waals surface area contributed by atoms with Crippen molar-refractivity contribution in [1.82, 2.24) is 25.5 Å². The minimum atomic E-state index is -5.08. The van der Waals surface area contributed by atoms with Gasteiger partial charge >= 0.3 is 7.82 Å². The molecule has 1 aromatic heterocycles. The van der Waals surface area contributed by atoms with Gasteiger partial charge in [-0.05, 0) is 50.5 Å². The van der Waals surface area contributed by atoms with Crippen LogP contribution in [0.3, 0.4) is 0 Å².